The van der Waals surface area contributed by atoms with Crippen LogP contribution in [0.25, 0.3) is 0 Å². The summed E-state index contributed by atoms with van der Waals surface area (Å²) < 4.78 is 6.77. The largest absolute Gasteiger partial charge is 0.393 e. The molecule has 2 heterocycles. The molecule has 0 fully saturated rings. The van der Waals surface area contributed by atoms with Gasteiger partial charge in [0.15, 0.2) is 0 Å². The Morgan fingerprint density at radius 2 is 2.44 bits per heavy atom. The summed E-state index contributed by atoms with van der Waals surface area (Å²) in [6.07, 6.45) is 4.86. The van der Waals surface area contributed by atoms with Gasteiger partial charge in [0.05, 0.1) is 25.4 Å². The Balaban J connectivity index is 2.23. The van der Waals surface area contributed by atoms with Gasteiger partial charge in [-0.05, 0) is 6.07 Å². The SMILES string of the molecule is Nc1ccn([C@H]2C=C[C@@H](CO)OC2)c(=O)n1. The van der Waals surface area contributed by atoms with Crippen LogP contribution in [0.2, 0.25) is 0 Å². The van der Waals surface area contributed by atoms with E-state index in [-0.39, 0.29) is 24.6 Å². The number of hydrogen-bond donors (Lipinski definition) is 2. The number of ether oxygens (including phenoxy) is 1. The molecule has 6 heteroatoms. The van der Waals surface area contributed by atoms with Crippen molar-refractivity contribution in [2.45, 2.75) is 12.1 Å². The third kappa shape index (κ3) is 2.12. The van der Waals surface area contributed by atoms with Gasteiger partial charge in [-0.15, -0.1) is 0 Å². The number of aliphatic hydroxyl groups is 1. The number of nitrogen functional groups attached to an aromatic ring is 1. The minimum atomic E-state index is -0.402. The normalized spacial score (nSPS) is 24.6. The van der Waals surface area contributed by atoms with Gasteiger partial charge in [0.25, 0.3) is 0 Å². The van der Waals surface area contributed by atoms with E-state index >= 15 is 0 Å². The van der Waals surface area contributed by atoms with Gasteiger partial charge in [-0.1, -0.05) is 12.2 Å². The Kier molecular flexibility index (Phi) is 3.02. The van der Waals surface area contributed by atoms with Gasteiger partial charge in [0.1, 0.15) is 5.82 Å². The van der Waals surface area contributed by atoms with Gasteiger partial charge in [-0.25, -0.2) is 4.79 Å². The summed E-state index contributed by atoms with van der Waals surface area (Å²) in [5.74, 6) is 0.204. The van der Waals surface area contributed by atoms with Crippen molar-refractivity contribution >= 4 is 5.82 Å². The first-order valence-electron chi connectivity index (χ1n) is 4.96. The average molecular weight is 223 g/mol. The zero-order valence-corrected chi connectivity index (χ0v) is 8.61. The van der Waals surface area contributed by atoms with E-state index < -0.39 is 5.69 Å². The zero-order valence-electron chi connectivity index (χ0n) is 8.61. The molecule has 2 rings (SSSR count). The molecule has 1 aliphatic heterocycles. The van der Waals surface area contributed by atoms with E-state index in [2.05, 4.69) is 4.98 Å². The van der Waals surface area contributed by atoms with E-state index in [0.29, 0.717) is 6.61 Å². The van der Waals surface area contributed by atoms with Crippen LogP contribution in [-0.4, -0.2) is 34.0 Å². The van der Waals surface area contributed by atoms with Gasteiger partial charge in [0.2, 0.25) is 0 Å². The van der Waals surface area contributed by atoms with E-state index in [1.54, 1.807) is 18.3 Å². The van der Waals surface area contributed by atoms with E-state index in [0.717, 1.165) is 0 Å². The molecule has 2 atom stereocenters. The highest BCUT2D eigenvalue weighted by Crippen LogP contribution is 2.14. The topological polar surface area (TPSA) is 90.4 Å². The monoisotopic (exact) mass is 223 g/mol. The first kappa shape index (κ1) is 10.8. The number of aromatic nitrogens is 2. The predicted molar refractivity (Wildman–Crippen MR) is 57.9 cm³/mol. The number of nitrogens with two attached hydrogens (primary N) is 1. The Labute approximate surface area is 92.0 Å². The molecule has 0 bridgehead atoms. The summed E-state index contributed by atoms with van der Waals surface area (Å²) >= 11 is 0. The molecular weight excluding hydrogens is 210 g/mol. The Bertz CT molecular complexity index is 455. The van der Waals surface area contributed by atoms with Crippen molar-refractivity contribution in [1.29, 1.82) is 0 Å². The van der Waals surface area contributed by atoms with Crippen LogP contribution in [0, 0.1) is 0 Å². The number of anilines is 1. The molecule has 0 saturated carbocycles. The second kappa shape index (κ2) is 4.46. The predicted octanol–water partition coefficient (Wildman–Crippen LogP) is -0.686. The van der Waals surface area contributed by atoms with Crippen LogP contribution in [0.4, 0.5) is 5.82 Å². The fraction of sp³-hybridized carbons (Fsp3) is 0.400. The molecule has 0 saturated heterocycles. The summed E-state index contributed by atoms with van der Waals surface area (Å²) in [7, 11) is 0. The van der Waals surface area contributed by atoms with Crippen LogP contribution >= 0.6 is 0 Å². The van der Waals surface area contributed by atoms with Crippen molar-refractivity contribution in [1.82, 2.24) is 9.55 Å². The van der Waals surface area contributed by atoms with Crippen LogP contribution in [0.1, 0.15) is 6.04 Å². The van der Waals surface area contributed by atoms with Gasteiger partial charge in [-0.3, -0.25) is 4.57 Å². The molecule has 6 nitrogen and oxygen atoms in total. The smallest absolute Gasteiger partial charge is 0.350 e. The summed E-state index contributed by atoms with van der Waals surface area (Å²) in [5.41, 5.74) is 4.99. The maximum atomic E-state index is 11.5. The lowest BCUT2D eigenvalue weighted by molar-refractivity contribution is 0.0218. The van der Waals surface area contributed by atoms with Gasteiger partial charge in [0, 0.05) is 6.20 Å². The molecule has 1 aromatic rings. The molecule has 3 N–H and O–H groups in total. The quantitative estimate of drug-likeness (QED) is 0.648. The van der Waals surface area contributed by atoms with E-state index in [4.69, 9.17) is 15.6 Å². The van der Waals surface area contributed by atoms with Crippen molar-refractivity contribution < 1.29 is 9.84 Å². The molecule has 0 aliphatic carbocycles. The van der Waals surface area contributed by atoms with E-state index in [1.807, 2.05) is 6.08 Å². The minimum absolute atomic E-state index is 0.0574. The minimum Gasteiger partial charge on any atom is -0.393 e. The number of nitrogens with zero attached hydrogens (tertiary/aromatic N) is 2. The lowest BCUT2D eigenvalue weighted by atomic mass is 10.2. The molecule has 1 aliphatic rings. The highest BCUT2D eigenvalue weighted by molar-refractivity contribution is 5.24. The Morgan fingerprint density at radius 3 is 3.00 bits per heavy atom. The first-order chi connectivity index (χ1) is 7.70. The summed E-state index contributed by atoms with van der Waals surface area (Å²) in [5, 5.41) is 8.87. The molecule has 0 amide bonds. The second-order valence-corrected chi connectivity index (χ2v) is 3.55. The van der Waals surface area contributed by atoms with Gasteiger partial charge < -0.3 is 15.6 Å². The first-order valence-corrected chi connectivity index (χ1v) is 4.96. The second-order valence-electron chi connectivity index (χ2n) is 3.55. The van der Waals surface area contributed by atoms with Gasteiger partial charge >= 0.3 is 5.69 Å². The fourth-order valence-corrected chi connectivity index (χ4v) is 1.55. The summed E-state index contributed by atoms with van der Waals surface area (Å²) in [6, 6.07) is 1.37. The summed E-state index contributed by atoms with van der Waals surface area (Å²) in [6.45, 7) is 0.283. The van der Waals surface area contributed by atoms with E-state index in [9.17, 15) is 4.79 Å². The van der Waals surface area contributed by atoms with Crippen molar-refractivity contribution in [3.05, 3.63) is 34.9 Å². The molecule has 0 radical (unpaired) electrons. The van der Waals surface area contributed by atoms with E-state index in [1.165, 1.54) is 4.57 Å². The van der Waals surface area contributed by atoms with Gasteiger partial charge in [-0.2, -0.15) is 4.98 Å². The number of rotatable bonds is 2. The molecule has 86 valence electrons. The van der Waals surface area contributed by atoms with Crippen molar-refractivity contribution in [3.8, 4) is 0 Å². The zero-order chi connectivity index (χ0) is 11.5. The maximum Gasteiger partial charge on any atom is 0.350 e. The van der Waals surface area contributed by atoms with Crippen molar-refractivity contribution in [2.75, 3.05) is 18.9 Å². The van der Waals surface area contributed by atoms with Crippen molar-refractivity contribution in [3.63, 3.8) is 0 Å². The molecule has 0 unspecified atom stereocenters. The summed E-state index contributed by atoms with van der Waals surface area (Å²) in [4.78, 5) is 15.2. The molecule has 0 spiro atoms. The van der Waals surface area contributed by atoms with Crippen LogP contribution in [0.15, 0.2) is 29.2 Å². The number of hydrogen-bond acceptors (Lipinski definition) is 5. The van der Waals surface area contributed by atoms with Crippen molar-refractivity contribution in [2.24, 2.45) is 0 Å². The third-order valence-corrected chi connectivity index (χ3v) is 2.42. The van der Waals surface area contributed by atoms with Crippen LogP contribution < -0.4 is 11.4 Å². The third-order valence-electron chi connectivity index (χ3n) is 2.42. The van der Waals surface area contributed by atoms with Crippen LogP contribution in [0.5, 0.6) is 0 Å². The highest BCUT2D eigenvalue weighted by Gasteiger charge is 2.17. The number of aliphatic hydroxyl groups excluding tert-OH is 1. The molecule has 16 heavy (non-hydrogen) atoms. The molecule has 0 aromatic carbocycles. The average Bonchev–Trinajstić information content (AvgIpc) is 2.29. The Hall–Kier alpha value is -1.66. The maximum absolute atomic E-state index is 11.5. The lowest BCUT2D eigenvalue weighted by Crippen LogP contribution is -2.32. The Morgan fingerprint density at radius 1 is 1.62 bits per heavy atom. The van der Waals surface area contributed by atoms with Crippen LogP contribution in [-0.2, 0) is 4.74 Å². The molecule has 1 aromatic heterocycles. The fourth-order valence-electron chi connectivity index (χ4n) is 1.55. The van der Waals surface area contributed by atoms with Crippen LogP contribution in [0.3, 0.4) is 0 Å². The highest BCUT2D eigenvalue weighted by atomic mass is 16.5. The standard InChI is InChI=1S/C10H13N3O3/c11-9-3-4-13(10(15)12-9)7-1-2-8(5-14)16-6-7/h1-4,7-8,14H,5-6H2,(H2,11,12,15)/t7-,8-/m0/s1. The molecular formula is C10H13N3O3. The lowest BCUT2D eigenvalue weighted by Gasteiger charge is -2.23.